The van der Waals surface area contributed by atoms with Crippen LogP contribution in [0.2, 0.25) is 0 Å². The first kappa shape index (κ1) is 18.0. The van der Waals surface area contributed by atoms with Crippen molar-refractivity contribution in [1.29, 1.82) is 0 Å². The Balaban J connectivity index is 2.11. The van der Waals surface area contributed by atoms with Crippen LogP contribution in [0.3, 0.4) is 0 Å². The van der Waals surface area contributed by atoms with Gasteiger partial charge in [0.25, 0.3) is 0 Å². The standard InChI is InChI=1S/C17H20F3N3O/c1-11(2)15(16-21-7-8-23(16)3)22-14(24)10-12-5-4-6-13(9-12)17(18,19)20/h4-9,11,15H,10H2,1-3H3,(H,22,24)/t15-/m1/s1. The van der Waals surface area contributed by atoms with E-state index in [4.69, 9.17) is 0 Å². The molecular formula is C17H20F3N3O. The van der Waals surface area contributed by atoms with Gasteiger partial charge in [-0.2, -0.15) is 13.2 Å². The van der Waals surface area contributed by atoms with Gasteiger partial charge in [0.05, 0.1) is 18.0 Å². The van der Waals surface area contributed by atoms with Crippen molar-refractivity contribution in [2.24, 2.45) is 13.0 Å². The summed E-state index contributed by atoms with van der Waals surface area (Å²) in [6, 6.07) is 4.52. The molecule has 4 nitrogen and oxygen atoms in total. The van der Waals surface area contributed by atoms with Crippen molar-refractivity contribution in [3.8, 4) is 0 Å². The smallest absolute Gasteiger partial charge is 0.346 e. The maximum Gasteiger partial charge on any atom is 0.416 e. The van der Waals surface area contributed by atoms with Gasteiger partial charge in [0.15, 0.2) is 0 Å². The molecule has 0 saturated carbocycles. The van der Waals surface area contributed by atoms with Crippen molar-refractivity contribution in [2.75, 3.05) is 0 Å². The molecule has 1 aromatic heterocycles. The number of aromatic nitrogens is 2. The zero-order chi connectivity index (χ0) is 17.9. The Morgan fingerprint density at radius 2 is 2.04 bits per heavy atom. The minimum absolute atomic E-state index is 0.0940. The van der Waals surface area contributed by atoms with Crippen LogP contribution in [-0.4, -0.2) is 15.5 Å². The predicted octanol–water partition coefficient (Wildman–Crippen LogP) is 3.49. The van der Waals surface area contributed by atoms with E-state index in [1.165, 1.54) is 12.1 Å². The van der Waals surface area contributed by atoms with Gasteiger partial charge in [0.1, 0.15) is 5.82 Å². The quantitative estimate of drug-likeness (QED) is 0.906. The Labute approximate surface area is 138 Å². The Morgan fingerprint density at radius 3 is 2.58 bits per heavy atom. The second-order valence-electron chi connectivity index (χ2n) is 6.06. The van der Waals surface area contributed by atoms with Crippen LogP contribution in [-0.2, 0) is 24.4 Å². The molecule has 24 heavy (non-hydrogen) atoms. The van der Waals surface area contributed by atoms with E-state index in [0.29, 0.717) is 11.4 Å². The molecule has 2 aromatic rings. The number of hydrogen-bond donors (Lipinski definition) is 1. The lowest BCUT2D eigenvalue weighted by atomic mass is 10.0. The maximum atomic E-state index is 12.7. The molecule has 1 aromatic carbocycles. The number of nitrogens with one attached hydrogen (secondary N) is 1. The average Bonchev–Trinajstić information content (AvgIpc) is 2.90. The molecule has 1 N–H and O–H groups in total. The molecule has 0 aliphatic carbocycles. The number of aryl methyl sites for hydroxylation is 1. The van der Waals surface area contributed by atoms with Crippen LogP contribution in [0.4, 0.5) is 13.2 Å². The number of alkyl halides is 3. The zero-order valence-electron chi connectivity index (χ0n) is 13.8. The van der Waals surface area contributed by atoms with Crippen LogP contribution in [0.1, 0.15) is 36.8 Å². The van der Waals surface area contributed by atoms with Crippen molar-refractivity contribution in [3.05, 3.63) is 53.6 Å². The van der Waals surface area contributed by atoms with E-state index in [2.05, 4.69) is 10.3 Å². The molecule has 7 heteroatoms. The van der Waals surface area contributed by atoms with Crippen LogP contribution in [0.25, 0.3) is 0 Å². The average molecular weight is 339 g/mol. The highest BCUT2D eigenvalue weighted by molar-refractivity contribution is 5.79. The second-order valence-corrected chi connectivity index (χ2v) is 6.06. The summed E-state index contributed by atoms with van der Waals surface area (Å²) in [5.74, 6) is 0.468. The van der Waals surface area contributed by atoms with E-state index in [1.807, 2.05) is 25.5 Å². The van der Waals surface area contributed by atoms with E-state index in [1.54, 1.807) is 12.4 Å². The molecule has 0 aliphatic rings. The zero-order valence-corrected chi connectivity index (χ0v) is 13.8. The first-order valence-corrected chi connectivity index (χ1v) is 7.61. The fraction of sp³-hybridized carbons (Fsp3) is 0.412. The SMILES string of the molecule is CC(C)[C@@H](NC(=O)Cc1cccc(C(F)(F)F)c1)c1nccn1C. The van der Waals surface area contributed by atoms with Crippen molar-refractivity contribution in [1.82, 2.24) is 14.9 Å². The number of imidazole rings is 1. The van der Waals surface area contributed by atoms with Gasteiger partial charge in [0, 0.05) is 19.4 Å². The van der Waals surface area contributed by atoms with Gasteiger partial charge in [-0.3, -0.25) is 4.79 Å². The monoisotopic (exact) mass is 339 g/mol. The minimum Gasteiger partial charge on any atom is -0.346 e. The fourth-order valence-electron chi connectivity index (χ4n) is 2.47. The minimum atomic E-state index is -4.42. The highest BCUT2D eigenvalue weighted by Gasteiger charge is 2.30. The lowest BCUT2D eigenvalue weighted by Crippen LogP contribution is -2.34. The van der Waals surface area contributed by atoms with E-state index < -0.39 is 11.7 Å². The van der Waals surface area contributed by atoms with Crippen molar-refractivity contribution in [3.63, 3.8) is 0 Å². The van der Waals surface area contributed by atoms with Gasteiger partial charge in [-0.25, -0.2) is 4.98 Å². The van der Waals surface area contributed by atoms with Gasteiger partial charge >= 0.3 is 6.18 Å². The Hall–Kier alpha value is -2.31. The van der Waals surface area contributed by atoms with Gasteiger partial charge in [-0.15, -0.1) is 0 Å². The normalized spacial score (nSPS) is 13.1. The third-order valence-electron chi connectivity index (χ3n) is 3.74. The van der Waals surface area contributed by atoms with Crippen molar-refractivity contribution >= 4 is 5.91 Å². The molecule has 130 valence electrons. The van der Waals surface area contributed by atoms with Crippen LogP contribution >= 0.6 is 0 Å². The summed E-state index contributed by atoms with van der Waals surface area (Å²) in [6.45, 7) is 3.90. The van der Waals surface area contributed by atoms with Crippen LogP contribution in [0.15, 0.2) is 36.7 Å². The molecule has 1 atom stereocenters. The second kappa shape index (κ2) is 7.07. The van der Waals surface area contributed by atoms with E-state index >= 15 is 0 Å². The fourth-order valence-corrected chi connectivity index (χ4v) is 2.47. The first-order valence-electron chi connectivity index (χ1n) is 7.61. The molecule has 1 heterocycles. The Bertz CT molecular complexity index is 707. The molecule has 2 rings (SSSR count). The van der Waals surface area contributed by atoms with Crippen LogP contribution in [0, 0.1) is 5.92 Å². The van der Waals surface area contributed by atoms with E-state index in [-0.39, 0.29) is 24.3 Å². The summed E-state index contributed by atoms with van der Waals surface area (Å²) in [5.41, 5.74) is -0.429. The van der Waals surface area contributed by atoms with Crippen LogP contribution in [0.5, 0.6) is 0 Å². The molecule has 0 spiro atoms. The molecular weight excluding hydrogens is 319 g/mol. The number of hydrogen-bond acceptors (Lipinski definition) is 2. The predicted molar refractivity (Wildman–Crippen MR) is 84.1 cm³/mol. The third kappa shape index (κ3) is 4.37. The number of carbonyl (C=O) groups is 1. The summed E-state index contributed by atoms with van der Waals surface area (Å²) in [7, 11) is 1.83. The molecule has 0 saturated heterocycles. The summed E-state index contributed by atoms with van der Waals surface area (Å²) in [4.78, 5) is 16.5. The molecule has 0 unspecified atom stereocenters. The highest BCUT2D eigenvalue weighted by atomic mass is 19.4. The summed E-state index contributed by atoms with van der Waals surface area (Å²) in [5, 5.41) is 2.86. The van der Waals surface area contributed by atoms with Crippen molar-refractivity contribution in [2.45, 2.75) is 32.5 Å². The van der Waals surface area contributed by atoms with E-state index in [9.17, 15) is 18.0 Å². The third-order valence-corrected chi connectivity index (χ3v) is 3.74. The highest BCUT2D eigenvalue weighted by Crippen LogP contribution is 2.29. The number of nitrogens with zero attached hydrogens (tertiary/aromatic N) is 2. The van der Waals surface area contributed by atoms with Gasteiger partial charge in [-0.05, 0) is 17.5 Å². The summed E-state index contributed by atoms with van der Waals surface area (Å²) in [6.07, 6.45) is -1.11. The Morgan fingerprint density at radius 1 is 1.33 bits per heavy atom. The number of rotatable bonds is 5. The molecule has 0 bridgehead atoms. The molecule has 1 amide bonds. The number of amides is 1. The summed E-state index contributed by atoms with van der Waals surface area (Å²) >= 11 is 0. The van der Waals surface area contributed by atoms with Gasteiger partial charge in [-0.1, -0.05) is 32.0 Å². The van der Waals surface area contributed by atoms with Crippen molar-refractivity contribution < 1.29 is 18.0 Å². The molecule has 0 radical (unpaired) electrons. The number of benzene rings is 1. The lowest BCUT2D eigenvalue weighted by Gasteiger charge is -2.22. The topological polar surface area (TPSA) is 46.9 Å². The maximum absolute atomic E-state index is 12.7. The molecule has 0 fully saturated rings. The lowest BCUT2D eigenvalue weighted by molar-refractivity contribution is -0.137. The van der Waals surface area contributed by atoms with Gasteiger partial charge in [0.2, 0.25) is 5.91 Å². The van der Waals surface area contributed by atoms with E-state index in [0.717, 1.165) is 12.1 Å². The summed E-state index contributed by atoms with van der Waals surface area (Å²) < 4.78 is 40.0. The first-order chi connectivity index (χ1) is 11.2. The number of carbonyl (C=O) groups excluding carboxylic acids is 1. The van der Waals surface area contributed by atoms with Gasteiger partial charge < -0.3 is 9.88 Å². The number of halogens is 3. The largest absolute Gasteiger partial charge is 0.416 e. The Kier molecular flexibility index (Phi) is 5.31. The molecule has 0 aliphatic heterocycles. The van der Waals surface area contributed by atoms with Crippen LogP contribution < -0.4 is 5.32 Å².